The summed E-state index contributed by atoms with van der Waals surface area (Å²) in [6.07, 6.45) is 7.37. The minimum Gasteiger partial charge on any atom is -0.488 e. The van der Waals surface area contributed by atoms with E-state index in [1.807, 2.05) is 53.9 Å². The Labute approximate surface area is 149 Å². The highest BCUT2D eigenvalue weighted by Gasteiger charge is 2.13. The van der Waals surface area contributed by atoms with Gasteiger partial charge in [0, 0.05) is 28.9 Å². The number of allylic oxidation sites excluding steroid dienone is 1. The maximum Gasteiger partial charge on any atom is 0.134 e. The van der Waals surface area contributed by atoms with Crippen molar-refractivity contribution in [3.63, 3.8) is 0 Å². The third kappa shape index (κ3) is 3.21. The van der Waals surface area contributed by atoms with E-state index in [1.165, 1.54) is 11.3 Å². The minimum absolute atomic E-state index is 0.449. The monoisotopic (exact) mass is 343 g/mol. The highest BCUT2D eigenvalue weighted by atomic mass is 32.1. The Hall–Kier alpha value is -3.23. The summed E-state index contributed by atoms with van der Waals surface area (Å²) >= 11 is 1.46. The molecule has 0 atom stereocenters. The Bertz CT molecular complexity index is 1010. The lowest BCUT2D eigenvalue weighted by atomic mass is 10.1. The molecule has 25 heavy (non-hydrogen) atoms. The van der Waals surface area contributed by atoms with Crippen LogP contribution in [-0.2, 0) is 0 Å². The number of thiazole rings is 1. The van der Waals surface area contributed by atoms with Crippen LogP contribution in [0.2, 0.25) is 0 Å². The second-order valence-electron chi connectivity index (χ2n) is 5.49. The normalized spacial score (nSPS) is 13.4. The van der Waals surface area contributed by atoms with Crippen molar-refractivity contribution >= 4 is 23.0 Å². The van der Waals surface area contributed by atoms with Crippen molar-refractivity contribution in [1.29, 1.82) is 5.26 Å². The first-order valence-electron chi connectivity index (χ1n) is 7.74. The number of hydrogen-bond donors (Lipinski definition) is 0. The molecule has 3 aromatic rings. The number of fused-ring (bicyclic) bond motifs is 1. The average molecular weight is 343 g/mol. The fourth-order valence-corrected chi connectivity index (χ4v) is 3.39. The zero-order chi connectivity index (χ0) is 17.1. The second kappa shape index (κ2) is 6.71. The maximum atomic E-state index is 9.56. The molecule has 4 nitrogen and oxygen atoms in total. The van der Waals surface area contributed by atoms with Gasteiger partial charge in [-0.2, -0.15) is 5.26 Å². The molecule has 1 aromatic carbocycles. The third-order valence-electron chi connectivity index (χ3n) is 3.82. The van der Waals surface area contributed by atoms with Crippen LogP contribution in [0.25, 0.3) is 22.9 Å². The van der Waals surface area contributed by atoms with Gasteiger partial charge in [-0.15, -0.1) is 11.3 Å². The molecule has 0 unspecified atom stereocenters. The molecular weight excluding hydrogens is 330 g/mol. The topological polar surface area (TPSA) is 58.8 Å². The molecule has 0 spiro atoms. The molecule has 0 saturated carbocycles. The van der Waals surface area contributed by atoms with Crippen LogP contribution in [0.4, 0.5) is 0 Å². The molecule has 1 aliphatic heterocycles. The average Bonchev–Trinajstić information content (AvgIpc) is 3.17. The zero-order valence-electron chi connectivity index (χ0n) is 13.2. The van der Waals surface area contributed by atoms with Gasteiger partial charge in [-0.25, -0.2) is 4.98 Å². The van der Waals surface area contributed by atoms with Crippen LogP contribution in [-0.4, -0.2) is 16.6 Å². The van der Waals surface area contributed by atoms with Gasteiger partial charge in [0.15, 0.2) is 0 Å². The summed E-state index contributed by atoms with van der Waals surface area (Å²) in [5.41, 5.74) is 4.36. The number of aromatic nitrogens is 2. The molecule has 0 aliphatic carbocycles. The summed E-state index contributed by atoms with van der Waals surface area (Å²) in [5, 5.41) is 12.2. The first-order valence-corrected chi connectivity index (χ1v) is 8.62. The number of rotatable bonds is 3. The van der Waals surface area contributed by atoms with Gasteiger partial charge in [0.05, 0.1) is 11.3 Å². The number of hydrogen-bond acceptors (Lipinski definition) is 5. The van der Waals surface area contributed by atoms with Crippen LogP contribution in [0, 0.1) is 11.3 Å². The van der Waals surface area contributed by atoms with Crippen molar-refractivity contribution in [3.05, 3.63) is 76.4 Å². The van der Waals surface area contributed by atoms with Gasteiger partial charge >= 0.3 is 0 Å². The Balaban J connectivity index is 1.66. The zero-order valence-corrected chi connectivity index (χ0v) is 14.0. The molecule has 0 amide bonds. The van der Waals surface area contributed by atoms with E-state index in [2.05, 4.69) is 16.0 Å². The van der Waals surface area contributed by atoms with Crippen LogP contribution in [0.1, 0.15) is 10.6 Å². The maximum absolute atomic E-state index is 9.56. The van der Waals surface area contributed by atoms with E-state index in [4.69, 9.17) is 4.74 Å². The summed E-state index contributed by atoms with van der Waals surface area (Å²) in [6, 6.07) is 13.9. The van der Waals surface area contributed by atoms with E-state index in [1.54, 1.807) is 12.4 Å². The van der Waals surface area contributed by atoms with Crippen molar-refractivity contribution < 1.29 is 4.74 Å². The van der Waals surface area contributed by atoms with Crippen LogP contribution < -0.4 is 4.74 Å². The molecular formula is C20H13N3OS. The number of pyridine rings is 1. The Morgan fingerprint density at radius 2 is 2.04 bits per heavy atom. The van der Waals surface area contributed by atoms with E-state index in [0.29, 0.717) is 17.2 Å². The lowest BCUT2D eigenvalue weighted by molar-refractivity contribution is 0.351. The van der Waals surface area contributed by atoms with E-state index in [-0.39, 0.29) is 0 Å². The fraction of sp³-hybridized carbons (Fsp3) is 0.0500. The first kappa shape index (κ1) is 15.3. The van der Waals surface area contributed by atoms with E-state index < -0.39 is 0 Å². The van der Waals surface area contributed by atoms with E-state index >= 15 is 0 Å². The summed E-state index contributed by atoms with van der Waals surface area (Å²) in [6.45, 7) is 0.449. The predicted molar refractivity (Wildman–Crippen MR) is 98.8 cm³/mol. The molecule has 5 heteroatoms. The van der Waals surface area contributed by atoms with Gasteiger partial charge < -0.3 is 4.74 Å². The highest BCUT2D eigenvalue weighted by molar-refractivity contribution is 7.11. The number of para-hydroxylation sites is 1. The fourth-order valence-electron chi connectivity index (χ4n) is 2.60. The number of benzene rings is 1. The van der Waals surface area contributed by atoms with Crippen LogP contribution in [0.15, 0.2) is 65.8 Å². The summed E-state index contributed by atoms with van der Waals surface area (Å²) in [5.74, 6) is 0.868. The van der Waals surface area contributed by atoms with Gasteiger partial charge in [-0.1, -0.05) is 18.2 Å². The summed E-state index contributed by atoms with van der Waals surface area (Å²) in [7, 11) is 0. The number of nitrogens with zero attached hydrogens (tertiary/aromatic N) is 3. The predicted octanol–water partition coefficient (Wildman–Crippen LogP) is 4.59. The molecule has 2 aromatic heterocycles. The first-order chi connectivity index (χ1) is 12.3. The molecule has 4 rings (SSSR count). The molecule has 0 bridgehead atoms. The summed E-state index contributed by atoms with van der Waals surface area (Å²) < 4.78 is 5.75. The van der Waals surface area contributed by atoms with Crippen molar-refractivity contribution in [2.45, 2.75) is 0 Å². The largest absolute Gasteiger partial charge is 0.488 e. The second-order valence-corrected chi connectivity index (χ2v) is 6.35. The van der Waals surface area contributed by atoms with E-state index in [9.17, 15) is 5.26 Å². The lowest BCUT2D eigenvalue weighted by Gasteiger charge is -2.15. The number of ether oxygens (including phenoxy) is 1. The standard InChI is InChI=1S/C20H13N3OS/c21-11-17(10-14-9-16-3-1-2-4-19(16)24-12-14)20-23-18(13-25-20)15-5-7-22-8-6-15/h1-10,13H,12H2/b17-10+. The molecule has 0 saturated heterocycles. The Morgan fingerprint density at radius 1 is 1.20 bits per heavy atom. The highest BCUT2D eigenvalue weighted by Crippen LogP contribution is 2.29. The molecule has 0 N–H and O–H groups in total. The van der Waals surface area contributed by atoms with E-state index in [0.717, 1.165) is 28.1 Å². The smallest absolute Gasteiger partial charge is 0.134 e. The van der Waals surface area contributed by atoms with Crippen molar-refractivity contribution in [2.24, 2.45) is 0 Å². The van der Waals surface area contributed by atoms with Gasteiger partial charge in [0.2, 0.25) is 0 Å². The lowest BCUT2D eigenvalue weighted by Crippen LogP contribution is -2.05. The van der Waals surface area contributed by atoms with Crippen LogP contribution >= 0.6 is 11.3 Å². The minimum atomic E-state index is 0.449. The van der Waals surface area contributed by atoms with Crippen LogP contribution in [0.5, 0.6) is 5.75 Å². The van der Waals surface area contributed by atoms with Gasteiger partial charge in [-0.3, -0.25) is 4.98 Å². The Morgan fingerprint density at radius 3 is 2.88 bits per heavy atom. The Kier molecular flexibility index (Phi) is 4.11. The van der Waals surface area contributed by atoms with Gasteiger partial charge in [-0.05, 0) is 35.9 Å². The van der Waals surface area contributed by atoms with Gasteiger partial charge in [0.25, 0.3) is 0 Å². The molecule has 120 valence electrons. The number of nitriles is 1. The third-order valence-corrected chi connectivity index (χ3v) is 4.69. The van der Waals surface area contributed by atoms with Crippen LogP contribution in [0.3, 0.4) is 0 Å². The molecule has 1 aliphatic rings. The van der Waals surface area contributed by atoms with Crippen molar-refractivity contribution in [1.82, 2.24) is 9.97 Å². The van der Waals surface area contributed by atoms with Crippen molar-refractivity contribution in [2.75, 3.05) is 6.61 Å². The summed E-state index contributed by atoms with van der Waals surface area (Å²) in [4.78, 5) is 8.61. The molecule has 0 fully saturated rings. The van der Waals surface area contributed by atoms with Gasteiger partial charge in [0.1, 0.15) is 23.4 Å². The molecule has 3 heterocycles. The molecule has 0 radical (unpaired) electrons. The van der Waals surface area contributed by atoms with Crippen molar-refractivity contribution in [3.8, 4) is 23.1 Å². The SMILES string of the molecule is N#C/C(=C\C1=Cc2ccccc2OC1)c1nc(-c2ccncc2)cs1. The quantitative estimate of drug-likeness (QED) is 0.653.